The van der Waals surface area contributed by atoms with Gasteiger partial charge in [-0.2, -0.15) is 0 Å². The van der Waals surface area contributed by atoms with E-state index in [1.165, 1.54) is 0 Å². The molecule has 0 spiro atoms. The quantitative estimate of drug-likeness (QED) is 0.827. The van der Waals surface area contributed by atoms with Crippen molar-refractivity contribution in [2.24, 2.45) is 5.73 Å². The molecule has 2 nitrogen and oxygen atoms in total. The summed E-state index contributed by atoms with van der Waals surface area (Å²) < 4.78 is 23.7. The molecule has 0 saturated carbocycles. The monoisotopic (exact) mass is 208 g/mol. The molecule has 1 aromatic rings. The molecule has 1 heterocycles. The van der Waals surface area contributed by atoms with Crippen molar-refractivity contribution in [3.63, 3.8) is 0 Å². The van der Waals surface area contributed by atoms with Crippen molar-refractivity contribution in [2.45, 2.75) is 18.9 Å². The number of nitrogens with zero attached hydrogens (tertiary/aromatic N) is 1. The van der Waals surface area contributed by atoms with E-state index in [0.717, 1.165) is 0 Å². The third kappa shape index (κ3) is 4.15. The van der Waals surface area contributed by atoms with E-state index in [1.807, 2.05) is 0 Å². The molecule has 0 aliphatic carbocycles. The van der Waals surface area contributed by atoms with Gasteiger partial charge in [-0.1, -0.05) is 6.07 Å². The topological polar surface area (TPSA) is 38.9 Å². The summed E-state index contributed by atoms with van der Waals surface area (Å²) in [7, 11) is 0. The Hall–Kier alpha value is -0.740. The fourth-order valence-electron chi connectivity index (χ4n) is 0.908. The molecule has 0 unspecified atom stereocenters. The molecule has 0 bridgehead atoms. The maximum atomic E-state index is 11.9. The molecule has 1 rings (SSSR count). The summed E-state index contributed by atoms with van der Waals surface area (Å²) in [5.41, 5.74) is 5.97. The molecule has 0 amide bonds. The molecule has 0 fully saturated rings. The summed E-state index contributed by atoms with van der Waals surface area (Å²) in [5.74, 6) is 0. The van der Waals surface area contributed by atoms with Crippen molar-refractivity contribution >= 4 is 12.4 Å². The standard InChI is InChI=1S/C8H10F2N2.ClH/c9-8(10)5-6(11)7-3-1-2-4-12-7;/h1-4,6,8H,5,11H2;1H/t6-;/m0./s1. The van der Waals surface area contributed by atoms with Gasteiger partial charge in [0.1, 0.15) is 0 Å². The lowest BCUT2D eigenvalue weighted by Crippen LogP contribution is -2.15. The minimum Gasteiger partial charge on any atom is -0.322 e. The first-order valence-electron chi connectivity index (χ1n) is 3.65. The van der Waals surface area contributed by atoms with E-state index in [9.17, 15) is 8.78 Å². The van der Waals surface area contributed by atoms with Crippen LogP contribution in [-0.2, 0) is 0 Å². The zero-order valence-corrected chi connectivity index (χ0v) is 7.68. The van der Waals surface area contributed by atoms with Crippen molar-refractivity contribution in [2.75, 3.05) is 0 Å². The maximum Gasteiger partial charge on any atom is 0.240 e. The molecule has 2 N–H and O–H groups in total. The van der Waals surface area contributed by atoms with E-state index < -0.39 is 12.5 Å². The highest BCUT2D eigenvalue weighted by molar-refractivity contribution is 5.85. The highest BCUT2D eigenvalue weighted by Crippen LogP contribution is 2.14. The van der Waals surface area contributed by atoms with Crippen LogP contribution in [0.3, 0.4) is 0 Å². The average molecular weight is 209 g/mol. The molecule has 1 atom stereocenters. The van der Waals surface area contributed by atoms with Gasteiger partial charge < -0.3 is 5.73 Å². The lowest BCUT2D eigenvalue weighted by molar-refractivity contribution is 0.128. The van der Waals surface area contributed by atoms with Crippen molar-refractivity contribution in [3.05, 3.63) is 30.1 Å². The van der Waals surface area contributed by atoms with Gasteiger partial charge in [0, 0.05) is 12.6 Å². The van der Waals surface area contributed by atoms with Crippen LogP contribution in [0.4, 0.5) is 8.78 Å². The Morgan fingerprint density at radius 2 is 2.08 bits per heavy atom. The molecular weight excluding hydrogens is 198 g/mol. The molecule has 0 aliphatic rings. The van der Waals surface area contributed by atoms with Crippen molar-refractivity contribution in [1.29, 1.82) is 0 Å². The van der Waals surface area contributed by atoms with Crippen molar-refractivity contribution in [3.8, 4) is 0 Å². The molecule has 74 valence electrons. The van der Waals surface area contributed by atoms with E-state index in [4.69, 9.17) is 5.73 Å². The van der Waals surface area contributed by atoms with Crippen LogP contribution in [0.15, 0.2) is 24.4 Å². The van der Waals surface area contributed by atoms with E-state index in [2.05, 4.69) is 4.98 Å². The van der Waals surface area contributed by atoms with Crippen LogP contribution in [0, 0.1) is 0 Å². The van der Waals surface area contributed by atoms with Crippen LogP contribution < -0.4 is 5.73 Å². The Kier molecular flexibility index (Phi) is 5.50. The Morgan fingerprint density at radius 3 is 2.54 bits per heavy atom. The number of hydrogen-bond donors (Lipinski definition) is 1. The second kappa shape index (κ2) is 5.83. The highest BCUT2D eigenvalue weighted by atomic mass is 35.5. The van der Waals surface area contributed by atoms with Gasteiger partial charge in [-0.3, -0.25) is 4.98 Å². The van der Waals surface area contributed by atoms with Gasteiger partial charge in [-0.15, -0.1) is 12.4 Å². The van der Waals surface area contributed by atoms with Crippen LogP contribution in [0.1, 0.15) is 18.2 Å². The molecular formula is C8H11ClF2N2. The SMILES string of the molecule is Cl.N[C@@H](CC(F)F)c1ccccn1. The summed E-state index contributed by atoms with van der Waals surface area (Å²) in [4.78, 5) is 3.87. The summed E-state index contributed by atoms with van der Waals surface area (Å²) in [5, 5.41) is 0. The van der Waals surface area contributed by atoms with Crippen LogP contribution in [0.25, 0.3) is 0 Å². The number of halogens is 3. The summed E-state index contributed by atoms with van der Waals surface area (Å²) in [6.07, 6.45) is -1.17. The molecule has 1 aromatic heterocycles. The summed E-state index contributed by atoms with van der Waals surface area (Å²) >= 11 is 0. The van der Waals surface area contributed by atoms with Gasteiger partial charge in [0.2, 0.25) is 6.43 Å². The normalized spacial score (nSPS) is 12.3. The Labute approximate surface area is 81.6 Å². The van der Waals surface area contributed by atoms with Crippen LogP contribution in [0.2, 0.25) is 0 Å². The zero-order valence-electron chi connectivity index (χ0n) is 6.86. The van der Waals surface area contributed by atoms with Gasteiger partial charge in [-0.25, -0.2) is 8.78 Å². The highest BCUT2D eigenvalue weighted by Gasteiger charge is 2.12. The lowest BCUT2D eigenvalue weighted by Gasteiger charge is -2.08. The summed E-state index contributed by atoms with van der Waals surface area (Å²) in [6, 6.07) is 4.44. The Bertz CT molecular complexity index is 231. The smallest absolute Gasteiger partial charge is 0.240 e. The van der Waals surface area contributed by atoms with E-state index in [0.29, 0.717) is 5.69 Å². The Morgan fingerprint density at radius 1 is 1.38 bits per heavy atom. The fraction of sp³-hybridized carbons (Fsp3) is 0.375. The third-order valence-electron chi connectivity index (χ3n) is 1.50. The number of aromatic nitrogens is 1. The number of nitrogens with two attached hydrogens (primary N) is 1. The van der Waals surface area contributed by atoms with Gasteiger partial charge in [0.15, 0.2) is 0 Å². The second-order valence-corrected chi connectivity index (χ2v) is 2.49. The third-order valence-corrected chi connectivity index (χ3v) is 1.50. The second-order valence-electron chi connectivity index (χ2n) is 2.49. The average Bonchev–Trinajstić information content (AvgIpc) is 2.05. The van der Waals surface area contributed by atoms with Crippen LogP contribution in [-0.4, -0.2) is 11.4 Å². The zero-order chi connectivity index (χ0) is 8.97. The van der Waals surface area contributed by atoms with Crippen molar-refractivity contribution in [1.82, 2.24) is 4.98 Å². The molecule has 5 heteroatoms. The number of rotatable bonds is 3. The summed E-state index contributed by atoms with van der Waals surface area (Å²) in [6.45, 7) is 0. The van der Waals surface area contributed by atoms with Gasteiger partial charge in [0.05, 0.1) is 11.7 Å². The first-order valence-corrected chi connectivity index (χ1v) is 3.65. The van der Waals surface area contributed by atoms with Gasteiger partial charge in [0.25, 0.3) is 0 Å². The first-order chi connectivity index (χ1) is 5.70. The largest absolute Gasteiger partial charge is 0.322 e. The minimum absolute atomic E-state index is 0. The molecule has 0 saturated heterocycles. The molecule has 13 heavy (non-hydrogen) atoms. The number of hydrogen-bond acceptors (Lipinski definition) is 2. The van der Waals surface area contributed by atoms with Crippen LogP contribution in [0.5, 0.6) is 0 Å². The Balaban J connectivity index is 0.00000144. The first kappa shape index (κ1) is 12.3. The van der Waals surface area contributed by atoms with Gasteiger partial charge in [-0.05, 0) is 12.1 Å². The molecule has 0 aliphatic heterocycles. The lowest BCUT2D eigenvalue weighted by atomic mass is 10.1. The van der Waals surface area contributed by atoms with E-state index >= 15 is 0 Å². The van der Waals surface area contributed by atoms with Crippen LogP contribution >= 0.6 is 12.4 Å². The van der Waals surface area contributed by atoms with Crippen molar-refractivity contribution < 1.29 is 8.78 Å². The predicted octanol–water partition coefficient (Wildman–Crippen LogP) is 2.16. The number of pyridine rings is 1. The molecule has 0 radical (unpaired) electrons. The van der Waals surface area contributed by atoms with E-state index in [-0.39, 0.29) is 18.8 Å². The van der Waals surface area contributed by atoms with Gasteiger partial charge >= 0.3 is 0 Å². The molecule has 0 aromatic carbocycles. The maximum absolute atomic E-state index is 11.9. The minimum atomic E-state index is -2.37. The predicted molar refractivity (Wildman–Crippen MR) is 49.0 cm³/mol. The van der Waals surface area contributed by atoms with E-state index in [1.54, 1.807) is 24.4 Å². The number of alkyl halides is 2. The fourth-order valence-corrected chi connectivity index (χ4v) is 0.908.